The number of isothiocyanates is 1. The number of hydrogen-bond donors (Lipinski definition) is 4. The summed E-state index contributed by atoms with van der Waals surface area (Å²) in [5, 5.41) is 40.1. The molecule has 0 aliphatic rings. The highest BCUT2D eigenvalue weighted by atomic mass is 32.2. The summed E-state index contributed by atoms with van der Waals surface area (Å²) in [5.74, 6) is -0.151. The molecule has 0 saturated carbocycles. The highest BCUT2D eigenvalue weighted by molar-refractivity contribution is 7.99. The van der Waals surface area contributed by atoms with Gasteiger partial charge < -0.3 is 39.4 Å². The molecule has 1 atom stereocenters. The highest BCUT2D eigenvalue weighted by Crippen LogP contribution is 2.17. The van der Waals surface area contributed by atoms with Gasteiger partial charge >= 0.3 is 11.9 Å². The fourth-order valence-electron chi connectivity index (χ4n) is 4.88. The zero-order chi connectivity index (χ0) is 38.1. The number of thiocarbonyl (C=S) groups is 1. The van der Waals surface area contributed by atoms with Gasteiger partial charge in [0.15, 0.2) is 0 Å². The van der Waals surface area contributed by atoms with E-state index in [1.54, 1.807) is 48.2 Å². The van der Waals surface area contributed by atoms with E-state index in [0.29, 0.717) is 107 Å². The maximum Gasteiger partial charge on any atom is 0.354 e. The minimum absolute atomic E-state index is 0.0401. The number of carboxylic acid groups (broad SMARTS) is 2. The number of aliphatic hydroxyl groups excluding tert-OH is 2. The quantitative estimate of drug-likeness (QED) is 0.0456. The zero-order valence-corrected chi connectivity index (χ0v) is 31.1. The SMILES string of the molecule is O=C(O)c1cccc(CN(CCO)CCOCC(CSCCOCCOc2ccc(N=C=S)cc2)OCCN(CCO)Cc2cccc(C(=O)O)n2)n1. The van der Waals surface area contributed by atoms with Crippen molar-refractivity contribution in [3.63, 3.8) is 0 Å². The Bertz CT molecular complexity index is 1570. The number of ether oxygens (including phenoxy) is 4. The molecule has 2 heterocycles. The van der Waals surface area contributed by atoms with E-state index in [9.17, 15) is 30.0 Å². The molecule has 17 heteroatoms. The van der Waals surface area contributed by atoms with Crippen molar-refractivity contribution in [1.29, 1.82) is 0 Å². The van der Waals surface area contributed by atoms with Crippen molar-refractivity contribution in [2.75, 3.05) is 90.5 Å². The van der Waals surface area contributed by atoms with Crippen LogP contribution in [0.4, 0.5) is 5.69 Å². The smallest absolute Gasteiger partial charge is 0.354 e. The molecule has 1 aromatic carbocycles. The van der Waals surface area contributed by atoms with Gasteiger partial charge in [-0.3, -0.25) is 9.80 Å². The Kier molecular flexibility index (Phi) is 21.4. The summed E-state index contributed by atoms with van der Waals surface area (Å²) in [6, 6.07) is 16.8. The normalized spacial score (nSPS) is 11.8. The molecule has 0 spiro atoms. The largest absolute Gasteiger partial charge is 0.491 e. The molecule has 1 unspecified atom stereocenters. The van der Waals surface area contributed by atoms with Gasteiger partial charge in [0.2, 0.25) is 0 Å². The number of hydrogen-bond acceptors (Lipinski definition) is 15. The predicted molar refractivity (Wildman–Crippen MR) is 202 cm³/mol. The molecular formula is C36H47N5O10S2. The standard InChI is InChI=1S/C36H47N5O10S2/c42-15-11-40(23-29-3-1-5-33(38-29)35(44)45)13-17-49-25-32(26-53-22-21-48-19-20-51-31-9-7-28(8-10-31)37-27-52)50-18-14-41(12-16-43)24-30-4-2-6-34(39-30)36(46)47/h1-10,32,42-43H,11-26H2,(H,44,45)(H,46,47). The summed E-state index contributed by atoms with van der Waals surface area (Å²) in [5.41, 5.74) is 1.78. The number of carbonyl (C=O) groups is 2. The number of aliphatic imine (C=N–C) groups is 1. The summed E-state index contributed by atoms with van der Waals surface area (Å²) < 4.78 is 23.7. The van der Waals surface area contributed by atoms with Crippen molar-refractivity contribution in [2.24, 2.45) is 4.99 Å². The van der Waals surface area contributed by atoms with Crippen LogP contribution in [0.3, 0.4) is 0 Å². The number of rotatable bonds is 29. The first kappa shape index (κ1) is 43.5. The molecule has 3 rings (SSSR count). The van der Waals surface area contributed by atoms with Gasteiger partial charge in [-0.25, -0.2) is 19.6 Å². The van der Waals surface area contributed by atoms with Gasteiger partial charge in [-0.2, -0.15) is 16.8 Å². The number of pyridine rings is 2. The number of nitrogens with zero attached hydrogens (tertiary/aromatic N) is 5. The molecule has 0 amide bonds. The third-order valence-electron chi connectivity index (χ3n) is 7.46. The minimum Gasteiger partial charge on any atom is -0.491 e. The van der Waals surface area contributed by atoms with Crippen molar-refractivity contribution in [3.8, 4) is 5.75 Å². The van der Waals surface area contributed by atoms with Gasteiger partial charge in [-0.15, -0.1) is 0 Å². The van der Waals surface area contributed by atoms with E-state index in [1.807, 2.05) is 21.9 Å². The molecule has 288 valence electrons. The number of aliphatic hydroxyl groups is 2. The molecule has 0 aliphatic heterocycles. The van der Waals surface area contributed by atoms with Crippen LogP contribution in [0.2, 0.25) is 0 Å². The third kappa shape index (κ3) is 18.1. The van der Waals surface area contributed by atoms with Crippen molar-refractivity contribution in [2.45, 2.75) is 19.2 Å². The second kappa shape index (κ2) is 26.0. The van der Waals surface area contributed by atoms with Gasteiger partial charge in [0.25, 0.3) is 0 Å². The van der Waals surface area contributed by atoms with E-state index in [2.05, 4.69) is 32.3 Å². The van der Waals surface area contributed by atoms with Crippen molar-refractivity contribution >= 4 is 46.8 Å². The van der Waals surface area contributed by atoms with Crippen LogP contribution >= 0.6 is 24.0 Å². The minimum atomic E-state index is -1.10. The Morgan fingerprint density at radius 2 is 1.38 bits per heavy atom. The van der Waals surface area contributed by atoms with Crippen molar-refractivity contribution in [3.05, 3.63) is 83.4 Å². The van der Waals surface area contributed by atoms with Crippen LogP contribution in [0.15, 0.2) is 65.7 Å². The number of aromatic nitrogens is 2. The van der Waals surface area contributed by atoms with E-state index in [0.717, 1.165) is 5.75 Å². The Morgan fingerprint density at radius 1 is 0.774 bits per heavy atom. The van der Waals surface area contributed by atoms with Crippen LogP contribution in [-0.2, 0) is 27.3 Å². The lowest BCUT2D eigenvalue weighted by molar-refractivity contribution is -0.0176. The first-order chi connectivity index (χ1) is 25.8. The van der Waals surface area contributed by atoms with Crippen molar-refractivity contribution < 1.29 is 49.0 Å². The van der Waals surface area contributed by atoms with Gasteiger partial charge in [0, 0.05) is 50.8 Å². The maximum atomic E-state index is 11.4. The summed E-state index contributed by atoms with van der Waals surface area (Å²) in [6.45, 7) is 4.54. The number of benzene rings is 1. The average molecular weight is 774 g/mol. The summed E-state index contributed by atoms with van der Waals surface area (Å²) in [7, 11) is 0. The molecule has 0 saturated heterocycles. The molecule has 15 nitrogen and oxygen atoms in total. The van der Waals surface area contributed by atoms with E-state index in [1.165, 1.54) is 12.1 Å². The Morgan fingerprint density at radius 3 is 1.94 bits per heavy atom. The fourth-order valence-corrected chi connectivity index (χ4v) is 5.84. The molecule has 0 bridgehead atoms. The topological polar surface area (TPSA) is 197 Å². The predicted octanol–water partition coefficient (Wildman–Crippen LogP) is 3.13. The third-order valence-corrected chi connectivity index (χ3v) is 8.61. The first-order valence-corrected chi connectivity index (χ1v) is 18.6. The number of aromatic carboxylic acids is 2. The first-order valence-electron chi connectivity index (χ1n) is 17.0. The summed E-state index contributed by atoms with van der Waals surface area (Å²) >= 11 is 6.28. The second-order valence-electron chi connectivity index (χ2n) is 11.4. The average Bonchev–Trinajstić information content (AvgIpc) is 3.15. The molecule has 2 aromatic heterocycles. The summed E-state index contributed by atoms with van der Waals surface area (Å²) in [4.78, 5) is 38.8. The molecule has 0 radical (unpaired) electrons. The lowest BCUT2D eigenvalue weighted by Crippen LogP contribution is -2.34. The maximum absolute atomic E-state index is 11.4. The van der Waals surface area contributed by atoms with Gasteiger partial charge in [-0.1, -0.05) is 12.1 Å². The number of thioether (sulfide) groups is 1. The molecule has 3 aromatic rings. The molecule has 53 heavy (non-hydrogen) atoms. The molecule has 4 N–H and O–H groups in total. The molecular weight excluding hydrogens is 727 g/mol. The van der Waals surface area contributed by atoms with Crippen LogP contribution in [0.5, 0.6) is 5.75 Å². The van der Waals surface area contributed by atoms with E-state index >= 15 is 0 Å². The van der Waals surface area contributed by atoms with E-state index in [-0.39, 0.29) is 30.7 Å². The molecule has 0 fully saturated rings. The zero-order valence-electron chi connectivity index (χ0n) is 29.5. The van der Waals surface area contributed by atoms with Crippen LogP contribution in [0.25, 0.3) is 0 Å². The monoisotopic (exact) mass is 773 g/mol. The van der Waals surface area contributed by atoms with Crippen LogP contribution < -0.4 is 4.74 Å². The van der Waals surface area contributed by atoms with E-state index in [4.69, 9.17) is 18.9 Å². The number of carboxylic acids is 2. The van der Waals surface area contributed by atoms with Gasteiger partial charge in [0.05, 0.1) is 74.6 Å². The van der Waals surface area contributed by atoms with Crippen LogP contribution in [0.1, 0.15) is 32.4 Å². The van der Waals surface area contributed by atoms with Gasteiger partial charge in [-0.05, 0) is 60.7 Å². The van der Waals surface area contributed by atoms with Crippen LogP contribution in [0, 0.1) is 0 Å². The van der Waals surface area contributed by atoms with Crippen molar-refractivity contribution in [1.82, 2.24) is 19.8 Å². The fraction of sp³-hybridized carbons (Fsp3) is 0.472. The lowest BCUT2D eigenvalue weighted by Gasteiger charge is -2.24. The molecule has 0 aliphatic carbocycles. The Labute approximate surface area is 318 Å². The van der Waals surface area contributed by atoms with Gasteiger partial charge in [0.1, 0.15) is 23.7 Å². The second-order valence-corrected chi connectivity index (χ2v) is 12.8. The highest BCUT2D eigenvalue weighted by Gasteiger charge is 2.15. The summed E-state index contributed by atoms with van der Waals surface area (Å²) in [6.07, 6.45) is -0.265. The Balaban J connectivity index is 1.47. The van der Waals surface area contributed by atoms with Crippen LogP contribution in [-0.4, -0.2) is 154 Å². The Hall–Kier alpha value is -3.87. The lowest BCUT2D eigenvalue weighted by atomic mass is 10.3. The van der Waals surface area contributed by atoms with E-state index < -0.39 is 11.9 Å².